The maximum atomic E-state index is 12.4. The van der Waals surface area contributed by atoms with E-state index in [1.54, 1.807) is 0 Å². The van der Waals surface area contributed by atoms with Gasteiger partial charge in [0, 0.05) is 19.7 Å². The molecule has 1 unspecified atom stereocenters. The molecule has 2 fully saturated rings. The molecule has 1 N–H and O–H groups in total. The van der Waals surface area contributed by atoms with Crippen molar-refractivity contribution in [2.45, 2.75) is 50.7 Å². The van der Waals surface area contributed by atoms with Gasteiger partial charge in [0.2, 0.25) is 5.91 Å². The minimum absolute atomic E-state index is 0.0389. The Morgan fingerprint density at radius 2 is 2.17 bits per heavy atom. The van der Waals surface area contributed by atoms with Gasteiger partial charge < -0.3 is 14.7 Å². The summed E-state index contributed by atoms with van der Waals surface area (Å²) in [7, 11) is 0. The van der Waals surface area contributed by atoms with Crippen LogP contribution in [0.4, 0.5) is 0 Å². The van der Waals surface area contributed by atoms with E-state index in [1.807, 2.05) is 16.3 Å². The van der Waals surface area contributed by atoms with Crippen LogP contribution in [0.15, 0.2) is 11.4 Å². The van der Waals surface area contributed by atoms with Crippen molar-refractivity contribution in [1.29, 1.82) is 0 Å². The first-order valence-corrected chi connectivity index (χ1v) is 9.06. The lowest BCUT2D eigenvalue weighted by atomic mass is 9.82. The van der Waals surface area contributed by atoms with Gasteiger partial charge in [0.25, 0.3) is 0 Å². The van der Waals surface area contributed by atoms with Crippen LogP contribution in [0, 0.1) is 0 Å². The number of carbonyl (C=O) groups is 2. The lowest BCUT2D eigenvalue weighted by molar-refractivity contribution is -0.179. The van der Waals surface area contributed by atoms with Gasteiger partial charge in [0.15, 0.2) is 5.78 Å². The number of amides is 1. The second kappa shape index (κ2) is 6.71. The Kier molecular flexibility index (Phi) is 4.85. The molecule has 0 radical (unpaired) electrons. The molecule has 126 valence electrons. The molecule has 5 nitrogen and oxygen atoms in total. The smallest absolute Gasteiger partial charge is 0.227 e. The molecule has 6 heteroatoms. The predicted octanol–water partition coefficient (Wildman–Crippen LogP) is 2.03. The third-order valence-electron chi connectivity index (χ3n) is 4.94. The first kappa shape index (κ1) is 16.6. The normalized spacial score (nSPS) is 23.9. The summed E-state index contributed by atoms with van der Waals surface area (Å²) < 4.78 is 5.87. The van der Waals surface area contributed by atoms with E-state index in [2.05, 4.69) is 0 Å². The number of hydrogen-bond acceptors (Lipinski definition) is 5. The van der Waals surface area contributed by atoms with Crippen LogP contribution in [-0.4, -0.2) is 53.1 Å². The Morgan fingerprint density at radius 3 is 2.78 bits per heavy atom. The van der Waals surface area contributed by atoms with Crippen molar-refractivity contribution in [3.8, 4) is 0 Å². The van der Waals surface area contributed by atoms with E-state index in [0.717, 1.165) is 18.4 Å². The molecule has 1 aromatic rings. The summed E-state index contributed by atoms with van der Waals surface area (Å²) >= 11 is 1.39. The van der Waals surface area contributed by atoms with Gasteiger partial charge in [-0.15, -0.1) is 11.3 Å². The Hall–Kier alpha value is -1.24. The number of aliphatic hydroxyl groups is 1. The molecule has 23 heavy (non-hydrogen) atoms. The van der Waals surface area contributed by atoms with Crippen LogP contribution in [0.3, 0.4) is 0 Å². The van der Waals surface area contributed by atoms with Crippen molar-refractivity contribution in [2.24, 2.45) is 0 Å². The molecule has 0 bridgehead atoms. The van der Waals surface area contributed by atoms with Gasteiger partial charge in [-0.1, -0.05) is 0 Å². The fraction of sp³-hybridized carbons (Fsp3) is 0.647. The third kappa shape index (κ3) is 3.49. The fourth-order valence-corrected chi connectivity index (χ4v) is 4.28. The lowest BCUT2D eigenvalue weighted by Gasteiger charge is -2.46. The number of piperidine rings is 1. The molecule has 2 saturated heterocycles. The molecule has 0 saturated carbocycles. The van der Waals surface area contributed by atoms with Gasteiger partial charge >= 0.3 is 0 Å². The SMILES string of the molecule is CC(=O)c1cc(CC(=O)N2CCC3(CC2)OCCCC3O)cs1. The topological polar surface area (TPSA) is 66.8 Å². The van der Waals surface area contributed by atoms with Crippen molar-refractivity contribution in [2.75, 3.05) is 19.7 Å². The monoisotopic (exact) mass is 337 g/mol. The molecule has 1 amide bonds. The van der Waals surface area contributed by atoms with Crippen LogP contribution < -0.4 is 0 Å². The first-order chi connectivity index (χ1) is 11.0. The van der Waals surface area contributed by atoms with E-state index >= 15 is 0 Å². The molecular weight excluding hydrogens is 314 g/mol. The number of hydrogen-bond donors (Lipinski definition) is 1. The van der Waals surface area contributed by atoms with Gasteiger partial charge in [0.05, 0.1) is 23.0 Å². The van der Waals surface area contributed by atoms with E-state index in [1.165, 1.54) is 18.3 Å². The van der Waals surface area contributed by atoms with Crippen molar-refractivity contribution >= 4 is 23.0 Å². The second-order valence-corrected chi connectivity index (χ2v) is 7.42. The summed E-state index contributed by atoms with van der Waals surface area (Å²) in [6, 6.07) is 1.81. The maximum absolute atomic E-state index is 12.4. The standard InChI is InChI=1S/C17H23NO4S/c1-12(19)14-9-13(11-23-14)10-16(21)18-6-4-17(5-7-18)15(20)3-2-8-22-17/h9,11,15,20H,2-8,10H2,1H3. The largest absolute Gasteiger partial charge is 0.390 e. The second-order valence-electron chi connectivity index (χ2n) is 6.50. The first-order valence-electron chi connectivity index (χ1n) is 8.18. The zero-order chi connectivity index (χ0) is 16.4. The molecule has 2 aliphatic rings. The zero-order valence-corrected chi connectivity index (χ0v) is 14.2. The van der Waals surface area contributed by atoms with Crippen LogP contribution in [0.5, 0.6) is 0 Å². The maximum Gasteiger partial charge on any atom is 0.227 e. The summed E-state index contributed by atoms with van der Waals surface area (Å²) in [5.41, 5.74) is 0.457. The van der Waals surface area contributed by atoms with Crippen molar-refractivity contribution in [1.82, 2.24) is 4.90 Å². The number of thiophene rings is 1. The number of likely N-dealkylation sites (tertiary alicyclic amines) is 1. The van der Waals surface area contributed by atoms with Crippen LogP contribution in [0.2, 0.25) is 0 Å². The van der Waals surface area contributed by atoms with E-state index in [4.69, 9.17) is 4.74 Å². The molecule has 3 heterocycles. The summed E-state index contributed by atoms with van der Waals surface area (Å²) in [6.45, 7) is 3.49. The molecule has 1 aromatic heterocycles. The summed E-state index contributed by atoms with van der Waals surface area (Å²) in [5, 5.41) is 12.1. The highest BCUT2D eigenvalue weighted by atomic mass is 32.1. The Morgan fingerprint density at radius 1 is 1.43 bits per heavy atom. The van der Waals surface area contributed by atoms with Crippen molar-refractivity contribution in [3.63, 3.8) is 0 Å². The highest BCUT2D eigenvalue weighted by molar-refractivity contribution is 7.12. The number of rotatable bonds is 3. The third-order valence-corrected chi connectivity index (χ3v) is 6.02. The zero-order valence-electron chi connectivity index (χ0n) is 13.4. The summed E-state index contributed by atoms with van der Waals surface area (Å²) in [5.74, 6) is 0.120. The van der Waals surface area contributed by atoms with E-state index in [9.17, 15) is 14.7 Å². The predicted molar refractivity (Wildman–Crippen MR) is 87.8 cm³/mol. The van der Waals surface area contributed by atoms with Crippen LogP contribution in [0.1, 0.15) is 47.8 Å². The van der Waals surface area contributed by atoms with Gasteiger partial charge in [-0.25, -0.2) is 0 Å². The molecule has 1 spiro atoms. The van der Waals surface area contributed by atoms with Crippen LogP contribution >= 0.6 is 11.3 Å². The van der Waals surface area contributed by atoms with Crippen molar-refractivity contribution < 1.29 is 19.4 Å². The molecule has 1 atom stereocenters. The van der Waals surface area contributed by atoms with Crippen LogP contribution in [-0.2, 0) is 16.0 Å². The molecule has 3 rings (SSSR count). The number of carbonyl (C=O) groups excluding carboxylic acids is 2. The number of ether oxygens (including phenoxy) is 1. The van der Waals surface area contributed by atoms with Gasteiger partial charge in [0.1, 0.15) is 0 Å². The van der Waals surface area contributed by atoms with E-state index in [0.29, 0.717) is 43.8 Å². The van der Waals surface area contributed by atoms with E-state index in [-0.39, 0.29) is 11.7 Å². The summed E-state index contributed by atoms with van der Waals surface area (Å²) in [6.07, 6.45) is 3.01. The Bertz CT molecular complexity index is 589. The molecule has 0 aromatic carbocycles. The molecule has 2 aliphatic heterocycles. The van der Waals surface area contributed by atoms with E-state index < -0.39 is 11.7 Å². The molecule has 0 aliphatic carbocycles. The van der Waals surface area contributed by atoms with Gasteiger partial charge in [-0.2, -0.15) is 0 Å². The van der Waals surface area contributed by atoms with Crippen molar-refractivity contribution in [3.05, 3.63) is 21.9 Å². The highest BCUT2D eigenvalue weighted by Crippen LogP contribution is 2.35. The number of aliphatic hydroxyl groups excluding tert-OH is 1. The highest BCUT2D eigenvalue weighted by Gasteiger charge is 2.44. The average Bonchev–Trinajstić information content (AvgIpc) is 3.00. The quantitative estimate of drug-likeness (QED) is 0.857. The summed E-state index contributed by atoms with van der Waals surface area (Å²) in [4.78, 5) is 26.3. The lowest BCUT2D eigenvalue weighted by Crippen LogP contribution is -2.56. The average molecular weight is 337 g/mol. The van der Waals surface area contributed by atoms with Gasteiger partial charge in [-0.05, 0) is 49.6 Å². The van der Waals surface area contributed by atoms with Gasteiger partial charge in [-0.3, -0.25) is 9.59 Å². The Balaban J connectivity index is 1.56. The Labute approximate surface area is 140 Å². The minimum atomic E-state index is -0.445. The fourth-order valence-electron chi connectivity index (χ4n) is 3.46. The number of ketones is 1. The number of nitrogens with zero attached hydrogens (tertiary/aromatic N) is 1. The molecular formula is C17H23NO4S. The minimum Gasteiger partial charge on any atom is -0.390 e. The van der Waals surface area contributed by atoms with Crippen LogP contribution in [0.25, 0.3) is 0 Å². The number of Topliss-reactive ketones (excluding diaryl/α,β-unsaturated/α-hetero) is 1.